The van der Waals surface area contributed by atoms with Gasteiger partial charge >= 0.3 is 6.03 Å². The van der Waals surface area contributed by atoms with Crippen LogP contribution in [0.2, 0.25) is 0 Å². The fourth-order valence-electron chi connectivity index (χ4n) is 3.02. The summed E-state index contributed by atoms with van der Waals surface area (Å²) in [4.78, 5) is 12.0. The van der Waals surface area contributed by atoms with Gasteiger partial charge in [0.25, 0.3) is 0 Å². The Morgan fingerprint density at radius 2 is 1.44 bits per heavy atom. The van der Waals surface area contributed by atoms with E-state index in [1.807, 2.05) is 24.5 Å². The van der Waals surface area contributed by atoms with Crippen LogP contribution in [-0.4, -0.2) is 10.6 Å². The summed E-state index contributed by atoms with van der Waals surface area (Å²) in [5.74, 6) is -0.583. The fraction of sp³-hybridized carbons (Fsp3) is 0.190. The van der Waals surface area contributed by atoms with Gasteiger partial charge in [0.2, 0.25) is 0 Å². The van der Waals surface area contributed by atoms with Crippen LogP contribution in [0.1, 0.15) is 22.5 Å². The molecule has 3 rings (SSSR count). The SMILES string of the molecule is Cc1cc(CNC(=O)NCc2ccc(F)cc2)c(C)n1-c1ccc(F)cc1. The number of urea groups is 1. The summed E-state index contributed by atoms with van der Waals surface area (Å²) in [7, 11) is 0. The van der Waals surface area contributed by atoms with Gasteiger partial charge < -0.3 is 15.2 Å². The minimum Gasteiger partial charge on any atom is -0.334 e. The van der Waals surface area contributed by atoms with Gasteiger partial charge in [-0.2, -0.15) is 0 Å². The highest BCUT2D eigenvalue weighted by Crippen LogP contribution is 2.21. The lowest BCUT2D eigenvalue weighted by Crippen LogP contribution is -2.34. The number of hydrogen-bond donors (Lipinski definition) is 2. The van der Waals surface area contributed by atoms with Gasteiger partial charge in [-0.05, 0) is 67.4 Å². The molecule has 0 bridgehead atoms. The highest BCUT2D eigenvalue weighted by Gasteiger charge is 2.11. The molecule has 0 aliphatic heterocycles. The molecule has 0 radical (unpaired) electrons. The van der Waals surface area contributed by atoms with Gasteiger partial charge in [0, 0.05) is 30.2 Å². The van der Waals surface area contributed by atoms with Gasteiger partial charge in [-0.1, -0.05) is 12.1 Å². The van der Waals surface area contributed by atoms with Crippen molar-refractivity contribution in [3.63, 3.8) is 0 Å². The van der Waals surface area contributed by atoms with Gasteiger partial charge in [0.1, 0.15) is 11.6 Å². The quantitative estimate of drug-likeness (QED) is 0.689. The molecular formula is C21H21F2N3O. The normalized spacial score (nSPS) is 10.7. The zero-order valence-electron chi connectivity index (χ0n) is 15.2. The van der Waals surface area contributed by atoms with Crippen molar-refractivity contribution in [2.45, 2.75) is 26.9 Å². The number of amides is 2. The van der Waals surface area contributed by atoms with E-state index in [9.17, 15) is 13.6 Å². The average molecular weight is 369 g/mol. The Morgan fingerprint density at radius 3 is 2.07 bits per heavy atom. The van der Waals surface area contributed by atoms with Crippen LogP contribution in [-0.2, 0) is 13.1 Å². The summed E-state index contributed by atoms with van der Waals surface area (Å²) in [6, 6.07) is 14.0. The lowest BCUT2D eigenvalue weighted by atomic mass is 10.2. The molecule has 1 heterocycles. The van der Waals surface area contributed by atoms with Crippen LogP contribution in [0.3, 0.4) is 0 Å². The van der Waals surface area contributed by atoms with Crippen LogP contribution < -0.4 is 10.6 Å². The molecule has 0 saturated carbocycles. The third kappa shape index (κ3) is 4.53. The zero-order chi connectivity index (χ0) is 19.4. The van der Waals surface area contributed by atoms with Crippen molar-refractivity contribution < 1.29 is 13.6 Å². The number of rotatable bonds is 5. The second kappa shape index (κ2) is 8.03. The molecule has 3 aromatic rings. The predicted octanol–water partition coefficient (Wildman–Crippen LogP) is 4.37. The number of nitrogens with zero attached hydrogens (tertiary/aromatic N) is 1. The molecule has 0 atom stereocenters. The van der Waals surface area contributed by atoms with E-state index >= 15 is 0 Å². The van der Waals surface area contributed by atoms with Crippen LogP contribution in [0.15, 0.2) is 54.6 Å². The Labute approximate surface area is 156 Å². The second-order valence-corrected chi connectivity index (χ2v) is 6.37. The van der Waals surface area contributed by atoms with Crippen LogP contribution in [0, 0.1) is 25.5 Å². The molecule has 0 fully saturated rings. The second-order valence-electron chi connectivity index (χ2n) is 6.37. The predicted molar refractivity (Wildman–Crippen MR) is 101 cm³/mol. The van der Waals surface area contributed by atoms with E-state index in [0.717, 1.165) is 28.2 Å². The summed E-state index contributed by atoms with van der Waals surface area (Å²) in [6.07, 6.45) is 0. The number of halogens is 2. The van der Waals surface area contributed by atoms with Crippen molar-refractivity contribution >= 4 is 6.03 Å². The molecule has 0 aliphatic rings. The Bertz CT molecular complexity index is 931. The van der Waals surface area contributed by atoms with E-state index in [-0.39, 0.29) is 17.7 Å². The maximum absolute atomic E-state index is 13.2. The van der Waals surface area contributed by atoms with Crippen molar-refractivity contribution in [1.29, 1.82) is 0 Å². The average Bonchev–Trinajstić information content (AvgIpc) is 2.94. The molecule has 4 nitrogen and oxygen atoms in total. The van der Waals surface area contributed by atoms with Crippen molar-refractivity contribution in [2.24, 2.45) is 0 Å². The standard InChI is InChI=1S/C21H21F2N3O/c1-14-11-17(15(2)26(14)20-9-7-19(23)8-10-20)13-25-21(27)24-12-16-3-5-18(22)6-4-16/h3-11H,12-13H2,1-2H3,(H2,24,25,27). The Kier molecular flexibility index (Phi) is 5.54. The monoisotopic (exact) mass is 369 g/mol. The highest BCUT2D eigenvalue weighted by atomic mass is 19.1. The molecule has 1 aromatic heterocycles. The summed E-state index contributed by atoms with van der Waals surface area (Å²) >= 11 is 0. The van der Waals surface area contributed by atoms with Gasteiger partial charge in [-0.3, -0.25) is 0 Å². The maximum atomic E-state index is 13.2. The highest BCUT2D eigenvalue weighted by molar-refractivity contribution is 5.73. The number of carbonyl (C=O) groups excluding carboxylic acids is 1. The minimum absolute atomic E-state index is 0.277. The van der Waals surface area contributed by atoms with Crippen molar-refractivity contribution in [3.8, 4) is 5.69 Å². The van der Waals surface area contributed by atoms with Gasteiger partial charge in [-0.25, -0.2) is 13.6 Å². The first-order chi connectivity index (χ1) is 12.9. The topological polar surface area (TPSA) is 46.1 Å². The number of nitrogens with one attached hydrogen (secondary N) is 2. The van der Waals surface area contributed by atoms with Crippen molar-refractivity contribution in [2.75, 3.05) is 0 Å². The summed E-state index contributed by atoms with van der Waals surface area (Å²) in [5.41, 5.74) is 4.66. The van der Waals surface area contributed by atoms with Crippen LogP contribution in [0.4, 0.5) is 13.6 Å². The Hall–Kier alpha value is -3.15. The number of benzene rings is 2. The zero-order valence-corrected chi connectivity index (χ0v) is 15.2. The molecule has 6 heteroatoms. The number of aryl methyl sites for hydroxylation is 1. The summed E-state index contributed by atoms with van der Waals surface area (Å²) < 4.78 is 28.1. The van der Waals surface area contributed by atoms with Crippen LogP contribution >= 0.6 is 0 Å². The molecule has 0 unspecified atom stereocenters. The number of aromatic nitrogens is 1. The fourth-order valence-corrected chi connectivity index (χ4v) is 3.02. The first-order valence-electron chi connectivity index (χ1n) is 8.64. The molecule has 0 saturated heterocycles. The van der Waals surface area contributed by atoms with Crippen molar-refractivity contribution in [1.82, 2.24) is 15.2 Å². The molecule has 2 N–H and O–H groups in total. The first-order valence-corrected chi connectivity index (χ1v) is 8.64. The molecule has 0 spiro atoms. The Morgan fingerprint density at radius 1 is 0.889 bits per heavy atom. The third-order valence-electron chi connectivity index (χ3n) is 4.43. The Balaban J connectivity index is 1.61. The molecular weight excluding hydrogens is 348 g/mol. The molecule has 140 valence electrons. The molecule has 27 heavy (non-hydrogen) atoms. The van der Waals surface area contributed by atoms with E-state index in [1.165, 1.54) is 24.3 Å². The number of carbonyl (C=O) groups is 1. The lowest BCUT2D eigenvalue weighted by Gasteiger charge is -2.11. The third-order valence-corrected chi connectivity index (χ3v) is 4.43. The lowest BCUT2D eigenvalue weighted by molar-refractivity contribution is 0.240. The molecule has 2 amide bonds. The molecule has 2 aromatic carbocycles. The minimum atomic E-state index is -0.306. The van der Waals surface area contributed by atoms with E-state index < -0.39 is 0 Å². The van der Waals surface area contributed by atoms with Crippen LogP contribution in [0.25, 0.3) is 5.69 Å². The summed E-state index contributed by atoms with van der Waals surface area (Å²) in [5, 5.41) is 5.57. The van der Waals surface area contributed by atoms with Gasteiger partial charge in [0.15, 0.2) is 0 Å². The van der Waals surface area contributed by atoms with Crippen molar-refractivity contribution in [3.05, 3.63) is 88.7 Å². The number of hydrogen-bond acceptors (Lipinski definition) is 1. The van der Waals surface area contributed by atoms with E-state index in [2.05, 4.69) is 10.6 Å². The first kappa shape index (κ1) is 18.6. The van der Waals surface area contributed by atoms with E-state index in [0.29, 0.717) is 13.1 Å². The van der Waals surface area contributed by atoms with Gasteiger partial charge in [0.05, 0.1) is 0 Å². The van der Waals surface area contributed by atoms with Gasteiger partial charge in [-0.15, -0.1) is 0 Å². The van der Waals surface area contributed by atoms with Crippen LogP contribution in [0.5, 0.6) is 0 Å². The summed E-state index contributed by atoms with van der Waals surface area (Å²) in [6.45, 7) is 4.62. The van der Waals surface area contributed by atoms with E-state index in [4.69, 9.17) is 0 Å². The van der Waals surface area contributed by atoms with E-state index in [1.54, 1.807) is 24.3 Å². The smallest absolute Gasteiger partial charge is 0.315 e. The molecule has 0 aliphatic carbocycles. The maximum Gasteiger partial charge on any atom is 0.315 e. The largest absolute Gasteiger partial charge is 0.334 e.